The van der Waals surface area contributed by atoms with Crippen LogP contribution >= 0.6 is 0 Å². The zero-order valence-corrected chi connectivity index (χ0v) is 11.4. The van der Waals surface area contributed by atoms with Crippen molar-refractivity contribution in [3.8, 4) is 0 Å². The molecule has 1 aliphatic rings. The van der Waals surface area contributed by atoms with Gasteiger partial charge in [-0.25, -0.2) is 4.79 Å². The molecule has 0 aromatic carbocycles. The summed E-state index contributed by atoms with van der Waals surface area (Å²) in [5.41, 5.74) is -0.426. The lowest BCUT2D eigenvalue weighted by atomic mass is 9.89. The Labute approximate surface area is 104 Å². The number of carbonyl (C=O) groups excluding carboxylic acids is 1. The number of rotatable bonds is 5. The van der Waals surface area contributed by atoms with E-state index in [-0.39, 0.29) is 12.1 Å². The van der Waals surface area contributed by atoms with Crippen LogP contribution in [0.5, 0.6) is 0 Å². The highest BCUT2D eigenvalue weighted by molar-refractivity contribution is 5.68. The first kappa shape index (κ1) is 14.3. The third-order valence-corrected chi connectivity index (χ3v) is 2.67. The van der Waals surface area contributed by atoms with E-state index in [9.17, 15) is 4.79 Å². The molecule has 0 spiro atoms. The van der Waals surface area contributed by atoms with E-state index < -0.39 is 5.60 Å². The molecule has 1 rings (SSSR count). The van der Waals surface area contributed by atoms with Gasteiger partial charge in [0.1, 0.15) is 5.60 Å². The molecule has 4 nitrogen and oxygen atoms in total. The number of alkyl carbamates (subject to hydrolysis) is 1. The topological polar surface area (TPSA) is 47.6 Å². The third kappa shape index (κ3) is 5.91. The van der Waals surface area contributed by atoms with Crippen molar-refractivity contribution in [1.82, 2.24) is 5.32 Å². The molecule has 0 aromatic heterocycles. The molecule has 1 aliphatic carbocycles. The molecule has 100 valence electrons. The first-order valence-electron chi connectivity index (χ1n) is 6.52. The SMILES string of the molecule is CCCCOC1CC(NC(=O)OC(C)(C)C)C1. The van der Waals surface area contributed by atoms with Gasteiger partial charge in [-0.05, 0) is 40.0 Å². The van der Waals surface area contributed by atoms with Crippen LogP contribution in [0, 0.1) is 0 Å². The molecule has 0 radical (unpaired) electrons. The van der Waals surface area contributed by atoms with Crippen LogP contribution in [-0.4, -0.2) is 30.4 Å². The van der Waals surface area contributed by atoms with Gasteiger partial charge < -0.3 is 14.8 Å². The minimum atomic E-state index is -0.426. The molecule has 0 aliphatic heterocycles. The summed E-state index contributed by atoms with van der Waals surface area (Å²) in [4.78, 5) is 11.5. The largest absolute Gasteiger partial charge is 0.444 e. The van der Waals surface area contributed by atoms with Crippen molar-refractivity contribution in [2.24, 2.45) is 0 Å². The highest BCUT2D eigenvalue weighted by Crippen LogP contribution is 2.24. The van der Waals surface area contributed by atoms with Crippen LogP contribution in [-0.2, 0) is 9.47 Å². The summed E-state index contributed by atoms with van der Waals surface area (Å²) in [6.07, 6.45) is 4.08. The summed E-state index contributed by atoms with van der Waals surface area (Å²) in [7, 11) is 0. The Balaban J connectivity index is 2.07. The lowest BCUT2D eigenvalue weighted by Crippen LogP contribution is -2.49. The quantitative estimate of drug-likeness (QED) is 0.755. The fraction of sp³-hybridized carbons (Fsp3) is 0.923. The van der Waals surface area contributed by atoms with Gasteiger partial charge in [-0.1, -0.05) is 13.3 Å². The second-order valence-corrected chi connectivity index (χ2v) is 5.66. The van der Waals surface area contributed by atoms with Crippen LogP contribution in [0.15, 0.2) is 0 Å². The lowest BCUT2D eigenvalue weighted by Gasteiger charge is -2.35. The molecular weight excluding hydrogens is 218 g/mol. The van der Waals surface area contributed by atoms with Gasteiger partial charge in [0.25, 0.3) is 0 Å². The van der Waals surface area contributed by atoms with Gasteiger partial charge in [-0.3, -0.25) is 0 Å². The Hall–Kier alpha value is -0.770. The predicted molar refractivity (Wildman–Crippen MR) is 67.0 cm³/mol. The van der Waals surface area contributed by atoms with Gasteiger partial charge in [0.2, 0.25) is 0 Å². The van der Waals surface area contributed by atoms with Crippen molar-refractivity contribution in [3.63, 3.8) is 0 Å². The number of unbranched alkanes of at least 4 members (excludes halogenated alkanes) is 1. The number of carbonyl (C=O) groups is 1. The summed E-state index contributed by atoms with van der Waals surface area (Å²) in [5.74, 6) is 0. The van der Waals surface area contributed by atoms with E-state index in [1.165, 1.54) is 0 Å². The molecular formula is C13H25NO3. The fourth-order valence-electron chi connectivity index (χ4n) is 1.69. The Bertz CT molecular complexity index is 242. The number of amides is 1. The number of hydrogen-bond acceptors (Lipinski definition) is 3. The smallest absolute Gasteiger partial charge is 0.407 e. The van der Waals surface area contributed by atoms with Crippen LogP contribution in [0.2, 0.25) is 0 Å². The first-order chi connectivity index (χ1) is 7.90. The number of hydrogen-bond donors (Lipinski definition) is 1. The Morgan fingerprint density at radius 1 is 1.35 bits per heavy atom. The molecule has 1 amide bonds. The average molecular weight is 243 g/mol. The normalized spacial score (nSPS) is 24.0. The van der Waals surface area contributed by atoms with Gasteiger partial charge in [0.15, 0.2) is 0 Å². The van der Waals surface area contributed by atoms with E-state index in [2.05, 4.69) is 12.2 Å². The lowest BCUT2D eigenvalue weighted by molar-refractivity contribution is -0.0207. The van der Waals surface area contributed by atoms with Crippen LogP contribution in [0.1, 0.15) is 53.4 Å². The van der Waals surface area contributed by atoms with E-state index >= 15 is 0 Å². The van der Waals surface area contributed by atoms with E-state index in [0.717, 1.165) is 32.3 Å². The first-order valence-corrected chi connectivity index (χ1v) is 6.52. The van der Waals surface area contributed by atoms with Crippen LogP contribution in [0.4, 0.5) is 4.79 Å². The Morgan fingerprint density at radius 3 is 2.53 bits per heavy atom. The molecule has 0 bridgehead atoms. The summed E-state index contributed by atoms with van der Waals surface area (Å²) in [5, 5.41) is 2.85. The molecule has 17 heavy (non-hydrogen) atoms. The minimum absolute atomic E-state index is 0.219. The molecule has 0 unspecified atom stereocenters. The molecule has 0 aromatic rings. The van der Waals surface area contributed by atoms with E-state index in [1.807, 2.05) is 20.8 Å². The Kier molecular flexibility index (Phi) is 5.25. The zero-order valence-electron chi connectivity index (χ0n) is 11.4. The van der Waals surface area contributed by atoms with Crippen molar-refractivity contribution in [2.45, 2.75) is 71.1 Å². The van der Waals surface area contributed by atoms with Gasteiger partial charge in [-0.15, -0.1) is 0 Å². The van der Waals surface area contributed by atoms with Crippen LogP contribution in [0.25, 0.3) is 0 Å². The van der Waals surface area contributed by atoms with E-state index in [4.69, 9.17) is 9.47 Å². The monoisotopic (exact) mass is 243 g/mol. The number of ether oxygens (including phenoxy) is 2. The zero-order chi connectivity index (χ0) is 12.9. The Morgan fingerprint density at radius 2 is 2.00 bits per heavy atom. The standard InChI is InChI=1S/C13H25NO3/c1-5-6-7-16-11-8-10(9-11)14-12(15)17-13(2,3)4/h10-11H,5-9H2,1-4H3,(H,14,15). The molecule has 4 heteroatoms. The summed E-state index contributed by atoms with van der Waals surface area (Å²) < 4.78 is 10.8. The summed E-state index contributed by atoms with van der Waals surface area (Å²) in [6.45, 7) is 8.58. The molecule has 1 N–H and O–H groups in total. The maximum Gasteiger partial charge on any atom is 0.407 e. The van der Waals surface area contributed by atoms with Gasteiger partial charge in [-0.2, -0.15) is 0 Å². The second kappa shape index (κ2) is 6.24. The van der Waals surface area contributed by atoms with Crippen molar-refractivity contribution >= 4 is 6.09 Å². The molecule has 1 fully saturated rings. The maximum absolute atomic E-state index is 11.5. The third-order valence-electron chi connectivity index (χ3n) is 2.67. The molecule has 1 saturated carbocycles. The average Bonchev–Trinajstić information content (AvgIpc) is 2.10. The highest BCUT2D eigenvalue weighted by atomic mass is 16.6. The van der Waals surface area contributed by atoms with Crippen molar-refractivity contribution in [2.75, 3.05) is 6.61 Å². The van der Waals surface area contributed by atoms with Crippen molar-refractivity contribution in [3.05, 3.63) is 0 Å². The van der Waals surface area contributed by atoms with Crippen molar-refractivity contribution in [1.29, 1.82) is 0 Å². The second-order valence-electron chi connectivity index (χ2n) is 5.66. The predicted octanol–water partition coefficient (Wildman–Crippen LogP) is 2.86. The van der Waals surface area contributed by atoms with E-state index in [1.54, 1.807) is 0 Å². The molecule has 0 saturated heterocycles. The van der Waals surface area contributed by atoms with Crippen LogP contribution < -0.4 is 5.32 Å². The molecule has 0 heterocycles. The summed E-state index contributed by atoms with van der Waals surface area (Å²) in [6, 6.07) is 0.219. The number of nitrogens with one attached hydrogen (secondary N) is 1. The highest BCUT2D eigenvalue weighted by Gasteiger charge is 2.32. The maximum atomic E-state index is 11.5. The minimum Gasteiger partial charge on any atom is -0.444 e. The van der Waals surface area contributed by atoms with E-state index in [0.29, 0.717) is 6.10 Å². The van der Waals surface area contributed by atoms with Gasteiger partial charge >= 0.3 is 6.09 Å². The van der Waals surface area contributed by atoms with Crippen LogP contribution in [0.3, 0.4) is 0 Å². The fourth-order valence-corrected chi connectivity index (χ4v) is 1.69. The van der Waals surface area contributed by atoms with Gasteiger partial charge in [0, 0.05) is 12.6 Å². The van der Waals surface area contributed by atoms with Crippen molar-refractivity contribution < 1.29 is 14.3 Å². The van der Waals surface area contributed by atoms with Gasteiger partial charge in [0.05, 0.1) is 6.10 Å². The summed E-state index contributed by atoms with van der Waals surface area (Å²) >= 11 is 0. The molecule has 0 atom stereocenters.